The van der Waals surface area contributed by atoms with E-state index in [-0.39, 0.29) is 11.3 Å². The molecule has 0 unspecified atom stereocenters. The molecule has 0 radical (unpaired) electrons. The minimum Gasteiger partial charge on any atom is -0.298 e. The number of carbonyl (C=O) groups is 1. The standard InChI is InChI=1S/C25H20F8N4O3S/c1-23(27)9-20(37(13-23)41(39,40)17-5-3-16(26)4-6-17)21(38)7-2-14-8-19(34-12-18(14)24(28,29)30)15-10-35-22(36-11-15)25(31,32)33/h3-6,8,10-12,20H,2,7,9,13H2,1H3/t20-,23+/m0/s1. The Bertz CT molecular complexity index is 1540. The van der Waals surface area contributed by atoms with Crippen molar-refractivity contribution in [2.45, 2.75) is 55.1 Å². The zero-order chi connectivity index (χ0) is 30.4. The summed E-state index contributed by atoms with van der Waals surface area (Å²) in [6, 6.07) is 3.01. The van der Waals surface area contributed by atoms with E-state index in [2.05, 4.69) is 15.0 Å². The van der Waals surface area contributed by atoms with Crippen molar-refractivity contribution in [3.05, 3.63) is 71.7 Å². The highest BCUT2D eigenvalue weighted by Crippen LogP contribution is 2.37. The average molecular weight is 609 g/mol. The molecule has 1 aliphatic rings. The Morgan fingerprint density at radius 2 is 1.61 bits per heavy atom. The van der Waals surface area contributed by atoms with E-state index in [4.69, 9.17) is 0 Å². The molecule has 0 bridgehead atoms. The van der Waals surface area contributed by atoms with Crippen molar-refractivity contribution < 1.29 is 48.3 Å². The van der Waals surface area contributed by atoms with Gasteiger partial charge in [0.15, 0.2) is 5.78 Å². The van der Waals surface area contributed by atoms with Crippen molar-refractivity contribution in [1.29, 1.82) is 0 Å². The average Bonchev–Trinajstić information content (AvgIpc) is 3.22. The van der Waals surface area contributed by atoms with Gasteiger partial charge in [0.2, 0.25) is 15.8 Å². The van der Waals surface area contributed by atoms with Gasteiger partial charge in [0.1, 0.15) is 11.5 Å². The van der Waals surface area contributed by atoms with E-state index in [0.717, 1.165) is 49.6 Å². The van der Waals surface area contributed by atoms with Crippen LogP contribution in [0.25, 0.3) is 11.3 Å². The summed E-state index contributed by atoms with van der Waals surface area (Å²) in [6.45, 7) is 0.376. The normalized spacial score (nSPS) is 20.4. The Morgan fingerprint density at radius 1 is 1.00 bits per heavy atom. The molecule has 2 atom stereocenters. The summed E-state index contributed by atoms with van der Waals surface area (Å²) < 4.78 is 134. The highest BCUT2D eigenvalue weighted by atomic mass is 32.2. The monoisotopic (exact) mass is 608 g/mol. The first kappa shape index (κ1) is 30.4. The molecule has 16 heteroatoms. The van der Waals surface area contributed by atoms with E-state index in [1.807, 2.05) is 0 Å². The van der Waals surface area contributed by atoms with Crippen LogP contribution < -0.4 is 0 Å². The third-order valence-corrected chi connectivity index (χ3v) is 8.25. The van der Waals surface area contributed by atoms with Gasteiger partial charge < -0.3 is 0 Å². The van der Waals surface area contributed by atoms with Gasteiger partial charge >= 0.3 is 12.4 Å². The van der Waals surface area contributed by atoms with Crippen LogP contribution >= 0.6 is 0 Å². The van der Waals surface area contributed by atoms with Crippen LogP contribution in [-0.4, -0.2) is 51.7 Å². The Balaban J connectivity index is 1.61. The Morgan fingerprint density at radius 3 is 2.17 bits per heavy atom. The van der Waals surface area contributed by atoms with Gasteiger partial charge in [-0.1, -0.05) is 0 Å². The summed E-state index contributed by atoms with van der Waals surface area (Å²) in [6.07, 6.45) is -9.59. The van der Waals surface area contributed by atoms with Crippen molar-refractivity contribution in [3.8, 4) is 11.3 Å². The van der Waals surface area contributed by atoms with Crippen LogP contribution in [0.5, 0.6) is 0 Å². The number of alkyl halides is 7. The maximum Gasteiger partial charge on any atom is 0.451 e. The number of sulfonamides is 1. The summed E-state index contributed by atoms with van der Waals surface area (Å²) >= 11 is 0. The minimum absolute atomic E-state index is 0.125. The molecule has 3 heterocycles. The molecule has 0 spiro atoms. The smallest absolute Gasteiger partial charge is 0.298 e. The largest absolute Gasteiger partial charge is 0.451 e. The summed E-state index contributed by atoms with van der Waals surface area (Å²) in [5, 5.41) is 0. The van der Waals surface area contributed by atoms with Crippen molar-refractivity contribution >= 4 is 15.8 Å². The topological polar surface area (TPSA) is 93.1 Å². The number of halogens is 8. The van der Waals surface area contributed by atoms with Crippen LogP contribution in [0.3, 0.4) is 0 Å². The molecule has 2 aromatic heterocycles. The van der Waals surface area contributed by atoms with E-state index >= 15 is 0 Å². The molecule has 0 aliphatic carbocycles. The Labute approximate surface area is 228 Å². The molecule has 7 nitrogen and oxygen atoms in total. The second-order valence-electron chi connectivity index (χ2n) is 9.62. The summed E-state index contributed by atoms with van der Waals surface area (Å²) in [5.41, 5.74) is -4.13. The SMILES string of the molecule is C[C@@]1(F)C[C@@H](C(=O)CCc2cc(-c3cnc(C(F)(F)F)nc3)ncc2C(F)(F)F)N(S(=O)(=O)c2ccc(F)cc2)C1. The molecular formula is C25H20F8N4O3S. The number of hydrogen-bond acceptors (Lipinski definition) is 6. The van der Waals surface area contributed by atoms with Crippen molar-refractivity contribution in [2.75, 3.05) is 6.54 Å². The van der Waals surface area contributed by atoms with E-state index in [1.54, 1.807) is 0 Å². The Kier molecular flexibility index (Phi) is 7.94. The molecular weight excluding hydrogens is 588 g/mol. The number of nitrogens with zero attached hydrogens (tertiary/aromatic N) is 4. The first-order valence-electron chi connectivity index (χ1n) is 11.8. The van der Waals surface area contributed by atoms with Crippen LogP contribution in [-0.2, 0) is 33.6 Å². The predicted octanol–water partition coefficient (Wildman–Crippen LogP) is 5.41. The lowest BCUT2D eigenvalue weighted by Gasteiger charge is -2.23. The number of rotatable bonds is 7. The maximum atomic E-state index is 15.0. The number of aromatic nitrogens is 3. The molecule has 4 rings (SSSR count). The van der Waals surface area contributed by atoms with E-state index in [1.165, 1.54) is 0 Å². The third kappa shape index (κ3) is 6.69. The summed E-state index contributed by atoms with van der Waals surface area (Å²) in [5.74, 6) is -3.05. The number of carbonyl (C=O) groups excluding carboxylic acids is 1. The fourth-order valence-corrected chi connectivity index (χ4v) is 6.14. The van der Waals surface area contributed by atoms with Crippen LogP contribution in [0.4, 0.5) is 35.1 Å². The lowest BCUT2D eigenvalue weighted by molar-refractivity contribution is -0.145. The summed E-state index contributed by atoms with van der Waals surface area (Å²) in [4.78, 5) is 22.7. The van der Waals surface area contributed by atoms with Gasteiger partial charge in [-0.2, -0.15) is 30.6 Å². The number of Topliss-reactive ketones (excluding diaryl/α,β-unsaturated/α-hetero) is 1. The lowest BCUT2D eigenvalue weighted by atomic mass is 9.96. The highest BCUT2D eigenvalue weighted by Gasteiger charge is 2.49. The quantitative estimate of drug-likeness (QED) is 0.333. The minimum atomic E-state index is -4.91. The molecule has 3 aromatic rings. The molecule has 1 aromatic carbocycles. The van der Waals surface area contributed by atoms with Gasteiger partial charge in [0.25, 0.3) is 0 Å². The number of hydrogen-bond donors (Lipinski definition) is 0. The van der Waals surface area contributed by atoms with Gasteiger partial charge in [-0.15, -0.1) is 0 Å². The zero-order valence-electron chi connectivity index (χ0n) is 21.0. The molecule has 0 N–H and O–H groups in total. The van der Waals surface area contributed by atoms with Crippen molar-refractivity contribution in [1.82, 2.24) is 19.3 Å². The zero-order valence-corrected chi connectivity index (χ0v) is 21.8. The molecule has 1 aliphatic heterocycles. The highest BCUT2D eigenvalue weighted by molar-refractivity contribution is 7.89. The van der Waals surface area contributed by atoms with Gasteiger partial charge in [0.05, 0.1) is 22.2 Å². The maximum absolute atomic E-state index is 15.0. The van der Waals surface area contributed by atoms with E-state index in [9.17, 15) is 48.3 Å². The molecule has 41 heavy (non-hydrogen) atoms. The molecule has 1 fully saturated rings. The van der Waals surface area contributed by atoms with Crippen LogP contribution in [0, 0.1) is 5.82 Å². The van der Waals surface area contributed by atoms with Crippen molar-refractivity contribution in [2.24, 2.45) is 0 Å². The van der Waals surface area contributed by atoms with E-state index in [0.29, 0.717) is 10.5 Å². The summed E-state index contributed by atoms with van der Waals surface area (Å²) in [7, 11) is -4.47. The van der Waals surface area contributed by atoms with Gasteiger partial charge in [-0.3, -0.25) is 9.78 Å². The van der Waals surface area contributed by atoms with Crippen LogP contribution in [0.15, 0.2) is 53.8 Å². The van der Waals surface area contributed by atoms with Crippen LogP contribution in [0.2, 0.25) is 0 Å². The van der Waals surface area contributed by atoms with Crippen LogP contribution in [0.1, 0.15) is 36.7 Å². The predicted molar refractivity (Wildman–Crippen MR) is 127 cm³/mol. The molecule has 0 saturated carbocycles. The van der Waals surface area contributed by atoms with Gasteiger partial charge in [0, 0.05) is 43.5 Å². The van der Waals surface area contributed by atoms with Gasteiger partial charge in [-0.05, 0) is 49.2 Å². The first-order chi connectivity index (χ1) is 18.9. The Hall–Kier alpha value is -3.53. The third-order valence-electron chi connectivity index (χ3n) is 6.38. The van der Waals surface area contributed by atoms with Gasteiger partial charge in [-0.25, -0.2) is 27.2 Å². The molecule has 1 saturated heterocycles. The number of ketones is 1. The number of pyridine rings is 1. The second-order valence-corrected chi connectivity index (χ2v) is 11.5. The van der Waals surface area contributed by atoms with E-state index < -0.39 is 93.3 Å². The number of aryl methyl sites for hydroxylation is 1. The lowest BCUT2D eigenvalue weighted by Crippen LogP contribution is -2.41. The second kappa shape index (κ2) is 10.7. The fraction of sp³-hybridized carbons (Fsp3) is 0.360. The molecule has 0 amide bonds. The fourth-order valence-electron chi connectivity index (χ4n) is 4.42. The van der Waals surface area contributed by atoms with Crippen molar-refractivity contribution in [3.63, 3.8) is 0 Å². The molecule has 220 valence electrons. The number of benzene rings is 1. The first-order valence-corrected chi connectivity index (χ1v) is 13.3.